The van der Waals surface area contributed by atoms with Crippen molar-refractivity contribution >= 4 is 25.7 Å². The second kappa shape index (κ2) is 6.23. The quantitative estimate of drug-likeness (QED) is 0.591. The zero-order valence-electron chi connectivity index (χ0n) is 11.8. The standard InChI is InChI=1S/C14H17ClO5S/c1-9(2)20-12-6-5-11(7-13(12)21(15,17)18)14(16)19-8-10-3-4-10/h5-7,9-10H,3-4,8H2,1-2H3. The van der Waals surface area contributed by atoms with Crippen molar-refractivity contribution in [1.82, 2.24) is 0 Å². The highest BCUT2D eigenvalue weighted by Gasteiger charge is 2.25. The molecule has 1 aliphatic rings. The number of hydrogen-bond donors (Lipinski definition) is 0. The minimum Gasteiger partial charge on any atom is -0.490 e. The Hall–Kier alpha value is -1.27. The van der Waals surface area contributed by atoms with E-state index in [1.807, 2.05) is 0 Å². The molecule has 0 N–H and O–H groups in total. The summed E-state index contributed by atoms with van der Waals surface area (Å²) in [5.41, 5.74) is 0.144. The van der Waals surface area contributed by atoms with Crippen LogP contribution in [-0.2, 0) is 13.8 Å². The summed E-state index contributed by atoms with van der Waals surface area (Å²) in [6.07, 6.45) is 1.92. The molecule has 0 aliphatic heterocycles. The van der Waals surface area contributed by atoms with Crippen LogP contribution in [0.4, 0.5) is 0 Å². The van der Waals surface area contributed by atoms with Crippen molar-refractivity contribution < 1.29 is 22.7 Å². The van der Waals surface area contributed by atoms with E-state index < -0.39 is 15.0 Å². The van der Waals surface area contributed by atoms with Crippen LogP contribution in [0.2, 0.25) is 0 Å². The Labute approximate surface area is 128 Å². The number of carbonyl (C=O) groups is 1. The first-order valence-corrected chi connectivity index (χ1v) is 9.01. The van der Waals surface area contributed by atoms with Crippen LogP contribution in [0.1, 0.15) is 37.0 Å². The molecule has 2 rings (SSSR count). The van der Waals surface area contributed by atoms with E-state index in [1.165, 1.54) is 18.2 Å². The summed E-state index contributed by atoms with van der Waals surface area (Å²) in [4.78, 5) is 11.7. The smallest absolute Gasteiger partial charge is 0.338 e. The SMILES string of the molecule is CC(C)Oc1ccc(C(=O)OCC2CC2)cc1S(=O)(=O)Cl. The van der Waals surface area contributed by atoms with Crippen LogP contribution in [0.5, 0.6) is 5.75 Å². The monoisotopic (exact) mass is 332 g/mol. The fraction of sp³-hybridized carbons (Fsp3) is 0.500. The lowest BCUT2D eigenvalue weighted by Crippen LogP contribution is -2.11. The lowest BCUT2D eigenvalue weighted by molar-refractivity contribution is 0.0485. The first-order valence-electron chi connectivity index (χ1n) is 6.70. The summed E-state index contributed by atoms with van der Waals surface area (Å²) in [5.74, 6) is 0.00651. The molecule has 0 heterocycles. The normalized spacial score (nSPS) is 15.0. The van der Waals surface area contributed by atoms with Gasteiger partial charge < -0.3 is 9.47 Å². The zero-order valence-corrected chi connectivity index (χ0v) is 13.4. The molecular weight excluding hydrogens is 316 g/mol. The lowest BCUT2D eigenvalue weighted by atomic mass is 10.2. The number of esters is 1. The molecule has 0 atom stereocenters. The van der Waals surface area contributed by atoms with Gasteiger partial charge in [0.2, 0.25) is 0 Å². The molecule has 0 unspecified atom stereocenters. The molecule has 0 bridgehead atoms. The molecule has 1 saturated carbocycles. The van der Waals surface area contributed by atoms with E-state index in [0.717, 1.165) is 12.8 Å². The van der Waals surface area contributed by atoms with Gasteiger partial charge in [0.25, 0.3) is 9.05 Å². The first-order chi connectivity index (χ1) is 9.77. The molecule has 21 heavy (non-hydrogen) atoms. The Kier molecular flexibility index (Phi) is 4.78. The third kappa shape index (κ3) is 4.61. The summed E-state index contributed by atoms with van der Waals surface area (Å²) in [6.45, 7) is 3.90. The molecule has 0 spiro atoms. The number of rotatable bonds is 6. The minimum atomic E-state index is -4.01. The van der Waals surface area contributed by atoms with Crippen LogP contribution in [-0.4, -0.2) is 27.1 Å². The van der Waals surface area contributed by atoms with Gasteiger partial charge in [0.1, 0.15) is 10.6 Å². The van der Waals surface area contributed by atoms with E-state index in [0.29, 0.717) is 12.5 Å². The maximum atomic E-state index is 11.9. The van der Waals surface area contributed by atoms with Crippen LogP contribution < -0.4 is 4.74 Å². The van der Waals surface area contributed by atoms with Gasteiger partial charge >= 0.3 is 5.97 Å². The Morgan fingerprint density at radius 1 is 1.38 bits per heavy atom. The summed E-state index contributed by atoms with van der Waals surface area (Å²) in [7, 11) is 1.39. The van der Waals surface area contributed by atoms with Crippen LogP contribution >= 0.6 is 10.7 Å². The maximum Gasteiger partial charge on any atom is 0.338 e. The molecule has 1 fully saturated rings. The van der Waals surface area contributed by atoms with E-state index in [4.69, 9.17) is 20.2 Å². The molecule has 7 heteroatoms. The Morgan fingerprint density at radius 2 is 2.05 bits per heavy atom. The Bertz CT molecular complexity index is 635. The van der Waals surface area contributed by atoms with E-state index >= 15 is 0 Å². The van der Waals surface area contributed by atoms with Crippen molar-refractivity contribution in [1.29, 1.82) is 0 Å². The molecule has 1 aliphatic carbocycles. The zero-order chi connectivity index (χ0) is 15.6. The van der Waals surface area contributed by atoms with E-state index in [1.54, 1.807) is 13.8 Å². The summed E-state index contributed by atoms with van der Waals surface area (Å²) >= 11 is 0. The topological polar surface area (TPSA) is 69.7 Å². The highest BCUT2D eigenvalue weighted by atomic mass is 35.7. The second-order valence-electron chi connectivity index (χ2n) is 5.31. The maximum absolute atomic E-state index is 11.9. The van der Waals surface area contributed by atoms with Crippen LogP contribution in [0.25, 0.3) is 0 Å². The summed E-state index contributed by atoms with van der Waals surface area (Å²) in [5, 5.41) is 0. The van der Waals surface area contributed by atoms with Gasteiger partial charge in [-0.3, -0.25) is 0 Å². The van der Waals surface area contributed by atoms with Crippen LogP contribution in [0.15, 0.2) is 23.1 Å². The average Bonchev–Trinajstić information content (AvgIpc) is 3.18. The number of ether oxygens (including phenoxy) is 2. The van der Waals surface area contributed by atoms with Crippen LogP contribution in [0, 0.1) is 5.92 Å². The highest BCUT2D eigenvalue weighted by Crippen LogP contribution is 2.31. The van der Waals surface area contributed by atoms with E-state index in [9.17, 15) is 13.2 Å². The number of hydrogen-bond acceptors (Lipinski definition) is 5. The third-order valence-corrected chi connectivity index (χ3v) is 4.29. The van der Waals surface area contributed by atoms with Crippen molar-refractivity contribution in [2.24, 2.45) is 5.92 Å². The van der Waals surface area contributed by atoms with E-state index in [2.05, 4.69) is 0 Å². The number of benzene rings is 1. The largest absolute Gasteiger partial charge is 0.490 e. The van der Waals surface area contributed by atoms with Crippen molar-refractivity contribution in [2.45, 2.75) is 37.7 Å². The first kappa shape index (κ1) is 16.1. The molecule has 0 amide bonds. The van der Waals surface area contributed by atoms with Gasteiger partial charge in [-0.05, 0) is 50.8 Å². The fourth-order valence-corrected chi connectivity index (χ4v) is 2.72. The summed E-state index contributed by atoms with van der Waals surface area (Å²) in [6, 6.07) is 4.08. The predicted octanol–water partition coefficient (Wildman–Crippen LogP) is 2.97. The number of carbonyl (C=O) groups excluding carboxylic acids is 1. The molecule has 0 aromatic heterocycles. The van der Waals surface area contributed by atoms with Crippen molar-refractivity contribution in [3.63, 3.8) is 0 Å². The van der Waals surface area contributed by atoms with Gasteiger partial charge in [0, 0.05) is 10.7 Å². The van der Waals surface area contributed by atoms with Gasteiger partial charge in [-0.1, -0.05) is 0 Å². The van der Waals surface area contributed by atoms with Crippen molar-refractivity contribution in [3.05, 3.63) is 23.8 Å². The Morgan fingerprint density at radius 3 is 2.57 bits per heavy atom. The van der Waals surface area contributed by atoms with Crippen molar-refractivity contribution in [3.8, 4) is 5.75 Å². The molecule has 0 saturated heterocycles. The molecule has 1 aromatic rings. The fourth-order valence-electron chi connectivity index (χ4n) is 1.74. The minimum absolute atomic E-state index is 0.124. The molecule has 116 valence electrons. The number of halogens is 1. The van der Waals surface area contributed by atoms with Crippen molar-refractivity contribution in [2.75, 3.05) is 6.61 Å². The molecule has 5 nitrogen and oxygen atoms in total. The highest BCUT2D eigenvalue weighted by molar-refractivity contribution is 8.13. The predicted molar refractivity (Wildman–Crippen MR) is 78.3 cm³/mol. The van der Waals surface area contributed by atoms with Gasteiger partial charge in [-0.2, -0.15) is 0 Å². The lowest BCUT2D eigenvalue weighted by Gasteiger charge is -2.13. The second-order valence-corrected chi connectivity index (χ2v) is 7.84. The summed E-state index contributed by atoms with van der Waals surface area (Å²) < 4.78 is 33.8. The molecule has 1 aromatic carbocycles. The van der Waals surface area contributed by atoms with Gasteiger partial charge in [-0.15, -0.1) is 0 Å². The van der Waals surface area contributed by atoms with E-state index in [-0.39, 0.29) is 22.3 Å². The van der Waals surface area contributed by atoms with Gasteiger partial charge in [0.05, 0.1) is 18.3 Å². The molecule has 0 radical (unpaired) electrons. The Balaban J connectivity index is 2.25. The molecular formula is C14H17ClO5S. The van der Waals surface area contributed by atoms with Crippen LogP contribution in [0.3, 0.4) is 0 Å². The van der Waals surface area contributed by atoms with Gasteiger partial charge in [0.15, 0.2) is 0 Å². The van der Waals surface area contributed by atoms with Gasteiger partial charge in [-0.25, -0.2) is 13.2 Å². The average molecular weight is 333 g/mol. The third-order valence-electron chi connectivity index (χ3n) is 2.95.